The molecule has 1 aliphatic rings. The lowest BCUT2D eigenvalue weighted by Gasteiger charge is -2.27. The average Bonchev–Trinajstić information content (AvgIpc) is 2.57. The van der Waals surface area contributed by atoms with Crippen LogP contribution in [0.2, 0.25) is 0 Å². The van der Waals surface area contributed by atoms with E-state index in [-0.39, 0.29) is 18.0 Å². The molecule has 0 fully saturated rings. The summed E-state index contributed by atoms with van der Waals surface area (Å²) in [6.45, 7) is 6.58. The Morgan fingerprint density at radius 3 is 2.23 bits per heavy atom. The van der Waals surface area contributed by atoms with E-state index in [9.17, 15) is 9.59 Å². The fourth-order valence-electron chi connectivity index (χ4n) is 2.95. The van der Waals surface area contributed by atoms with Crippen molar-refractivity contribution in [3.05, 3.63) is 53.1 Å². The van der Waals surface area contributed by atoms with Gasteiger partial charge in [-0.3, -0.25) is 9.59 Å². The van der Waals surface area contributed by atoms with Crippen molar-refractivity contribution in [2.45, 2.75) is 33.8 Å². The van der Waals surface area contributed by atoms with Crippen LogP contribution in [0.25, 0.3) is 11.6 Å². The van der Waals surface area contributed by atoms with E-state index in [2.05, 4.69) is 6.08 Å². The molecular weight excluding hydrogens is 332 g/mol. The lowest BCUT2D eigenvalue weighted by atomic mass is 9.94. The van der Waals surface area contributed by atoms with Crippen molar-refractivity contribution in [1.29, 1.82) is 0 Å². The molecule has 134 valence electrons. The summed E-state index contributed by atoms with van der Waals surface area (Å²) in [7, 11) is 0. The highest BCUT2D eigenvalue weighted by Crippen LogP contribution is 2.40. The molecular formula is C21H20O5. The Labute approximate surface area is 152 Å². The Balaban J connectivity index is 1.94. The van der Waals surface area contributed by atoms with Crippen molar-refractivity contribution < 1.29 is 23.8 Å². The summed E-state index contributed by atoms with van der Waals surface area (Å²) in [4.78, 5) is 22.3. The number of carbonyl (C=O) groups is 2. The van der Waals surface area contributed by atoms with E-state index in [1.165, 1.54) is 13.8 Å². The number of esters is 2. The molecule has 1 aliphatic heterocycles. The molecule has 1 heterocycles. The van der Waals surface area contributed by atoms with Gasteiger partial charge in [-0.2, -0.15) is 0 Å². The van der Waals surface area contributed by atoms with Gasteiger partial charge in [0.2, 0.25) is 0 Å². The van der Waals surface area contributed by atoms with Crippen molar-refractivity contribution in [3.63, 3.8) is 0 Å². The number of hydrogen-bond donors (Lipinski definition) is 0. The molecule has 0 bridgehead atoms. The van der Waals surface area contributed by atoms with Crippen molar-refractivity contribution >= 4 is 23.6 Å². The second kappa shape index (κ2) is 7.04. The van der Waals surface area contributed by atoms with Crippen molar-refractivity contribution in [1.82, 2.24) is 0 Å². The van der Waals surface area contributed by atoms with Gasteiger partial charge in [0.1, 0.15) is 23.4 Å². The molecule has 0 aliphatic carbocycles. The number of ether oxygens (including phenoxy) is 3. The van der Waals surface area contributed by atoms with Gasteiger partial charge in [-0.15, -0.1) is 0 Å². The van der Waals surface area contributed by atoms with E-state index in [4.69, 9.17) is 14.2 Å². The molecule has 26 heavy (non-hydrogen) atoms. The lowest BCUT2D eigenvalue weighted by Crippen LogP contribution is -2.19. The number of fused-ring (bicyclic) bond motifs is 1. The third-order valence-corrected chi connectivity index (χ3v) is 4.13. The molecule has 0 aromatic heterocycles. The van der Waals surface area contributed by atoms with Gasteiger partial charge >= 0.3 is 11.9 Å². The van der Waals surface area contributed by atoms with Crippen LogP contribution in [0.5, 0.6) is 17.2 Å². The first-order valence-corrected chi connectivity index (χ1v) is 8.34. The molecule has 5 heteroatoms. The van der Waals surface area contributed by atoms with E-state index >= 15 is 0 Å². The Hall–Kier alpha value is -3.08. The van der Waals surface area contributed by atoms with E-state index in [0.29, 0.717) is 11.5 Å². The minimum Gasteiger partial charge on any atom is -0.485 e. The van der Waals surface area contributed by atoms with Gasteiger partial charge in [-0.05, 0) is 55.3 Å². The van der Waals surface area contributed by atoms with Crippen molar-refractivity contribution in [2.75, 3.05) is 0 Å². The Kier molecular flexibility index (Phi) is 4.80. The van der Waals surface area contributed by atoms with Crippen molar-refractivity contribution in [3.8, 4) is 17.2 Å². The number of carbonyl (C=O) groups excluding carboxylic acids is 2. The van der Waals surface area contributed by atoms with Crippen LogP contribution < -0.4 is 14.2 Å². The minimum atomic E-state index is -0.360. The van der Waals surface area contributed by atoms with Crippen LogP contribution in [0.15, 0.2) is 36.4 Å². The van der Waals surface area contributed by atoms with Gasteiger partial charge < -0.3 is 14.2 Å². The number of hydrogen-bond acceptors (Lipinski definition) is 5. The van der Waals surface area contributed by atoms with Gasteiger partial charge in [-0.1, -0.05) is 12.1 Å². The second-order valence-corrected chi connectivity index (χ2v) is 6.18. The minimum absolute atomic E-state index is 0.173. The molecule has 3 rings (SSSR count). The maximum absolute atomic E-state index is 11.2. The maximum Gasteiger partial charge on any atom is 0.308 e. The zero-order valence-corrected chi connectivity index (χ0v) is 15.2. The first-order valence-electron chi connectivity index (χ1n) is 8.34. The van der Waals surface area contributed by atoms with Gasteiger partial charge in [0.05, 0.1) is 0 Å². The molecule has 2 aromatic carbocycles. The fourth-order valence-corrected chi connectivity index (χ4v) is 2.95. The highest BCUT2D eigenvalue weighted by Gasteiger charge is 2.23. The lowest BCUT2D eigenvalue weighted by molar-refractivity contribution is -0.132. The molecule has 0 saturated heterocycles. The van der Waals surface area contributed by atoms with Crippen LogP contribution in [0.3, 0.4) is 0 Å². The molecule has 5 nitrogen and oxygen atoms in total. The predicted octanol–water partition coefficient (Wildman–Crippen LogP) is 4.17. The largest absolute Gasteiger partial charge is 0.485 e. The summed E-state index contributed by atoms with van der Waals surface area (Å²) in [5.41, 5.74) is 3.73. The summed E-state index contributed by atoms with van der Waals surface area (Å²) in [6.07, 6.45) is 1.89. The number of benzene rings is 2. The second-order valence-electron chi connectivity index (χ2n) is 6.18. The van der Waals surface area contributed by atoms with Crippen molar-refractivity contribution in [2.24, 2.45) is 0 Å². The Morgan fingerprint density at radius 2 is 1.62 bits per heavy atom. The average molecular weight is 352 g/mol. The molecule has 1 atom stereocenters. The normalized spacial score (nSPS) is 15.4. The van der Waals surface area contributed by atoms with Crippen LogP contribution in [0, 0.1) is 6.92 Å². The summed E-state index contributed by atoms with van der Waals surface area (Å²) < 4.78 is 16.4. The monoisotopic (exact) mass is 352 g/mol. The van der Waals surface area contributed by atoms with Gasteiger partial charge in [-0.25, -0.2) is 0 Å². The van der Waals surface area contributed by atoms with Crippen LogP contribution in [-0.4, -0.2) is 18.0 Å². The molecule has 0 amide bonds. The third-order valence-electron chi connectivity index (χ3n) is 4.13. The van der Waals surface area contributed by atoms with Gasteiger partial charge in [0.25, 0.3) is 0 Å². The SMILES string of the molecule is CC(=O)Oc1ccc(C2=Cc3ccc(OC(C)=O)c(C)c3OC2C)cc1. The van der Waals surface area contributed by atoms with E-state index < -0.39 is 0 Å². The maximum atomic E-state index is 11.2. The van der Waals surface area contributed by atoms with Gasteiger partial charge in [0.15, 0.2) is 0 Å². The van der Waals surface area contributed by atoms with Crippen LogP contribution in [0.4, 0.5) is 0 Å². The third kappa shape index (κ3) is 3.61. The first-order chi connectivity index (χ1) is 12.3. The van der Waals surface area contributed by atoms with Crippen LogP contribution in [-0.2, 0) is 9.59 Å². The first kappa shape index (κ1) is 17.7. The van der Waals surface area contributed by atoms with E-state index in [1.807, 2.05) is 32.0 Å². The quantitative estimate of drug-likeness (QED) is 0.613. The van der Waals surface area contributed by atoms with E-state index in [0.717, 1.165) is 28.0 Å². The summed E-state index contributed by atoms with van der Waals surface area (Å²) >= 11 is 0. The standard InChI is InChI=1S/C21H20O5/c1-12-20(26-15(4)23)10-7-17-11-19(13(2)24-21(12)17)16-5-8-18(9-6-16)25-14(3)22/h5-11,13H,1-4H3. The summed E-state index contributed by atoms with van der Waals surface area (Å²) in [6, 6.07) is 11.0. The fraction of sp³-hybridized carbons (Fsp3) is 0.238. The zero-order chi connectivity index (χ0) is 18.8. The van der Waals surface area contributed by atoms with Gasteiger partial charge in [0, 0.05) is 25.0 Å². The number of rotatable bonds is 3. The molecule has 0 N–H and O–H groups in total. The molecule has 2 aromatic rings. The molecule has 0 radical (unpaired) electrons. The molecule has 1 unspecified atom stereocenters. The highest BCUT2D eigenvalue weighted by molar-refractivity contribution is 5.88. The predicted molar refractivity (Wildman–Crippen MR) is 98.2 cm³/mol. The van der Waals surface area contributed by atoms with Crippen LogP contribution >= 0.6 is 0 Å². The van der Waals surface area contributed by atoms with E-state index in [1.54, 1.807) is 18.2 Å². The summed E-state index contributed by atoms with van der Waals surface area (Å²) in [5, 5.41) is 0. The Morgan fingerprint density at radius 1 is 0.962 bits per heavy atom. The Bertz CT molecular complexity index is 893. The molecule has 0 spiro atoms. The summed E-state index contributed by atoms with van der Waals surface area (Å²) in [5.74, 6) is 1.02. The van der Waals surface area contributed by atoms with Crippen LogP contribution in [0.1, 0.15) is 37.5 Å². The smallest absolute Gasteiger partial charge is 0.308 e. The highest BCUT2D eigenvalue weighted by atomic mass is 16.5. The molecule has 0 saturated carbocycles. The topological polar surface area (TPSA) is 61.8 Å². The zero-order valence-electron chi connectivity index (χ0n) is 15.2.